The number of nitrogens with one attached hydrogen (secondary N) is 1. The molecule has 20 heavy (non-hydrogen) atoms. The molecular weight excluding hydrogens is 250 g/mol. The zero-order valence-corrected chi connectivity index (χ0v) is 13.6. The second-order valence-corrected chi connectivity index (χ2v) is 7.61. The fourth-order valence-electron chi connectivity index (χ4n) is 3.76. The first-order valence-electron chi connectivity index (χ1n) is 8.34. The summed E-state index contributed by atoms with van der Waals surface area (Å²) in [6, 6.07) is 0. The molecular formula is C17H31NO2. The minimum absolute atomic E-state index is 0.0226. The van der Waals surface area contributed by atoms with Crippen molar-refractivity contribution in [2.75, 3.05) is 13.1 Å². The van der Waals surface area contributed by atoms with E-state index in [1.165, 1.54) is 12.8 Å². The molecule has 1 N–H and O–H groups in total. The summed E-state index contributed by atoms with van der Waals surface area (Å²) in [5.41, 5.74) is -0.319. The Bertz CT molecular complexity index is 334. The first kappa shape index (κ1) is 15.8. The van der Waals surface area contributed by atoms with Crippen LogP contribution in [0.3, 0.4) is 0 Å². The Hall–Kier alpha value is -0.570. The minimum Gasteiger partial charge on any atom is -0.462 e. The molecule has 4 atom stereocenters. The van der Waals surface area contributed by atoms with Crippen LogP contribution in [0.15, 0.2) is 0 Å². The van der Waals surface area contributed by atoms with Gasteiger partial charge in [-0.3, -0.25) is 4.79 Å². The second-order valence-electron chi connectivity index (χ2n) is 7.61. The molecule has 0 radical (unpaired) electrons. The molecule has 1 aliphatic carbocycles. The SMILES string of the molecule is CC1CCC(C(C)C)C(OC(=O)C2(C)CCCNC2)C1. The molecule has 3 nitrogen and oxygen atoms in total. The van der Waals surface area contributed by atoms with Crippen LogP contribution in [0.5, 0.6) is 0 Å². The van der Waals surface area contributed by atoms with E-state index in [0.717, 1.165) is 32.4 Å². The topological polar surface area (TPSA) is 38.3 Å². The number of carbonyl (C=O) groups is 1. The van der Waals surface area contributed by atoms with Gasteiger partial charge in [-0.15, -0.1) is 0 Å². The van der Waals surface area contributed by atoms with Crippen LogP contribution in [-0.2, 0) is 9.53 Å². The molecule has 0 amide bonds. The molecule has 1 saturated heterocycles. The summed E-state index contributed by atoms with van der Waals surface area (Å²) in [5.74, 6) is 1.84. The lowest BCUT2D eigenvalue weighted by Crippen LogP contribution is -2.47. The molecule has 3 heteroatoms. The fourth-order valence-corrected chi connectivity index (χ4v) is 3.76. The average molecular weight is 281 g/mol. The van der Waals surface area contributed by atoms with E-state index in [4.69, 9.17) is 4.74 Å². The summed E-state index contributed by atoms with van der Waals surface area (Å²) in [6.45, 7) is 10.6. The van der Waals surface area contributed by atoms with Crippen LogP contribution in [0.1, 0.15) is 59.8 Å². The Balaban J connectivity index is 2.00. The van der Waals surface area contributed by atoms with Crippen molar-refractivity contribution >= 4 is 5.97 Å². The molecule has 1 saturated carbocycles. The Kier molecular flexibility index (Phi) is 5.11. The van der Waals surface area contributed by atoms with E-state index in [0.29, 0.717) is 17.8 Å². The molecule has 4 unspecified atom stereocenters. The first-order chi connectivity index (χ1) is 9.42. The Morgan fingerprint density at radius 3 is 2.70 bits per heavy atom. The summed E-state index contributed by atoms with van der Waals surface area (Å²) >= 11 is 0. The van der Waals surface area contributed by atoms with E-state index in [9.17, 15) is 4.79 Å². The van der Waals surface area contributed by atoms with Gasteiger partial charge in [0.05, 0.1) is 5.41 Å². The van der Waals surface area contributed by atoms with Gasteiger partial charge in [-0.25, -0.2) is 0 Å². The highest BCUT2D eigenvalue weighted by Gasteiger charge is 2.40. The molecule has 2 aliphatic rings. The Labute approximate surface area is 123 Å². The van der Waals surface area contributed by atoms with Crippen molar-refractivity contribution < 1.29 is 9.53 Å². The van der Waals surface area contributed by atoms with E-state index < -0.39 is 0 Å². The van der Waals surface area contributed by atoms with Crippen molar-refractivity contribution in [3.8, 4) is 0 Å². The molecule has 0 bridgehead atoms. The second kappa shape index (κ2) is 6.46. The van der Waals surface area contributed by atoms with Gasteiger partial charge < -0.3 is 10.1 Å². The minimum atomic E-state index is -0.319. The largest absolute Gasteiger partial charge is 0.462 e. The van der Waals surface area contributed by atoms with Gasteiger partial charge in [0.15, 0.2) is 0 Å². The highest BCUT2D eigenvalue weighted by molar-refractivity contribution is 5.77. The summed E-state index contributed by atoms with van der Waals surface area (Å²) in [6.07, 6.45) is 5.66. The van der Waals surface area contributed by atoms with E-state index in [1.807, 2.05) is 0 Å². The quantitative estimate of drug-likeness (QED) is 0.806. The van der Waals surface area contributed by atoms with Crippen molar-refractivity contribution in [2.45, 2.75) is 65.9 Å². The zero-order chi connectivity index (χ0) is 14.8. The average Bonchev–Trinajstić information content (AvgIpc) is 2.39. The maximum atomic E-state index is 12.6. The summed E-state index contributed by atoms with van der Waals surface area (Å²) in [7, 11) is 0. The van der Waals surface area contributed by atoms with Gasteiger partial charge in [-0.2, -0.15) is 0 Å². The predicted molar refractivity (Wildman–Crippen MR) is 81.4 cm³/mol. The third-order valence-corrected chi connectivity index (χ3v) is 5.31. The van der Waals surface area contributed by atoms with E-state index in [1.54, 1.807) is 0 Å². The number of esters is 1. The van der Waals surface area contributed by atoms with Crippen molar-refractivity contribution in [3.05, 3.63) is 0 Å². The van der Waals surface area contributed by atoms with Crippen LogP contribution in [0.2, 0.25) is 0 Å². The van der Waals surface area contributed by atoms with Gasteiger partial charge in [0.25, 0.3) is 0 Å². The molecule has 0 aromatic heterocycles. The summed E-state index contributed by atoms with van der Waals surface area (Å²) in [5, 5.41) is 3.34. The maximum absolute atomic E-state index is 12.6. The maximum Gasteiger partial charge on any atom is 0.313 e. The van der Waals surface area contributed by atoms with E-state index in [2.05, 4.69) is 33.0 Å². The molecule has 2 fully saturated rings. The molecule has 1 aliphatic heterocycles. The van der Waals surface area contributed by atoms with Crippen molar-refractivity contribution in [3.63, 3.8) is 0 Å². The monoisotopic (exact) mass is 281 g/mol. The van der Waals surface area contributed by atoms with Crippen molar-refractivity contribution in [2.24, 2.45) is 23.2 Å². The smallest absolute Gasteiger partial charge is 0.313 e. The molecule has 0 spiro atoms. The van der Waals surface area contributed by atoms with Crippen LogP contribution in [0.25, 0.3) is 0 Å². The van der Waals surface area contributed by atoms with Gasteiger partial charge in [-0.1, -0.05) is 27.2 Å². The van der Waals surface area contributed by atoms with Gasteiger partial charge in [-0.05, 0) is 56.9 Å². The van der Waals surface area contributed by atoms with Crippen molar-refractivity contribution in [1.29, 1.82) is 0 Å². The third-order valence-electron chi connectivity index (χ3n) is 5.31. The van der Waals surface area contributed by atoms with Crippen LogP contribution >= 0.6 is 0 Å². The highest BCUT2D eigenvalue weighted by atomic mass is 16.5. The Morgan fingerprint density at radius 2 is 2.10 bits per heavy atom. The van der Waals surface area contributed by atoms with Gasteiger partial charge in [0, 0.05) is 6.54 Å². The Morgan fingerprint density at radius 1 is 1.35 bits per heavy atom. The predicted octanol–water partition coefficient (Wildman–Crippen LogP) is 3.38. The van der Waals surface area contributed by atoms with E-state index in [-0.39, 0.29) is 17.5 Å². The molecule has 2 rings (SSSR count). The lowest BCUT2D eigenvalue weighted by molar-refractivity contribution is -0.168. The number of carbonyl (C=O) groups excluding carboxylic acids is 1. The van der Waals surface area contributed by atoms with Crippen LogP contribution in [0, 0.1) is 23.2 Å². The van der Waals surface area contributed by atoms with Gasteiger partial charge >= 0.3 is 5.97 Å². The number of ether oxygens (including phenoxy) is 1. The number of rotatable bonds is 3. The fraction of sp³-hybridized carbons (Fsp3) is 0.941. The van der Waals surface area contributed by atoms with Crippen molar-refractivity contribution in [1.82, 2.24) is 5.32 Å². The zero-order valence-electron chi connectivity index (χ0n) is 13.6. The van der Waals surface area contributed by atoms with Crippen LogP contribution in [-0.4, -0.2) is 25.2 Å². The number of hydrogen-bond acceptors (Lipinski definition) is 3. The normalized spacial score (nSPS) is 38.8. The third kappa shape index (κ3) is 3.55. The van der Waals surface area contributed by atoms with Crippen LogP contribution in [0.4, 0.5) is 0 Å². The molecule has 0 aromatic carbocycles. The highest BCUT2D eigenvalue weighted by Crippen LogP contribution is 2.37. The lowest BCUT2D eigenvalue weighted by atomic mass is 9.75. The summed E-state index contributed by atoms with van der Waals surface area (Å²) in [4.78, 5) is 12.6. The molecule has 0 aromatic rings. The number of hydrogen-bond donors (Lipinski definition) is 1. The van der Waals surface area contributed by atoms with Gasteiger partial charge in [0.2, 0.25) is 0 Å². The molecule has 116 valence electrons. The first-order valence-corrected chi connectivity index (χ1v) is 8.34. The lowest BCUT2D eigenvalue weighted by Gasteiger charge is -2.39. The van der Waals surface area contributed by atoms with Gasteiger partial charge in [0.1, 0.15) is 6.10 Å². The van der Waals surface area contributed by atoms with E-state index >= 15 is 0 Å². The standard InChI is InChI=1S/C17H31NO2/c1-12(2)14-7-6-13(3)10-15(14)20-16(19)17(4)8-5-9-18-11-17/h12-15,18H,5-11H2,1-4H3. The summed E-state index contributed by atoms with van der Waals surface area (Å²) < 4.78 is 6.00. The number of piperidine rings is 1. The molecule has 1 heterocycles. The van der Waals surface area contributed by atoms with Crippen LogP contribution < -0.4 is 5.32 Å².